The van der Waals surface area contributed by atoms with Gasteiger partial charge in [-0.15, -0.1) is 11.3 Å². The van der Waals surface area contributed by atoms with Gasteiger partial charge in [-0.1, -0.05) is 6.92 Å². The van der Waals surface area contributed by atoms with Crippen molar-refractivity contribution in [3.05, 3.63) is 15.6 Å². The van der Waals surface area contributed by atoms with E-state index in [1.54, 1.807) is 0 Å². The minimum atomic E-state index is -0.223. The number of aryl methyl sites for hydroxylation is 1. The van der Waals surface area contributed by atoms with Crippen LogP contribution in [0.1, 0.15) is 42.8 Å². The average Bonchev–Trinajstić information content (AvgIpc) is 2.68. The molecule has 3 nitrogen and oxygen atoms in total. The summed E-state index contributed by atoms with van der Waals surface area (Å²) in [6.45, 7) is 7.23. The molecular formula is C13H22N2OS. The molecule has 0 amide bonds. The number of aromatic nitrogens is 1. The molecule has 1 atom stereocenters. The second kappa shape index (κ2) is 5.04. The highest BCUT2D eigenvalue weighted by atomic mass is 32.1. The summed E-state index contributed by atoms with van der Waals surface area (Å²) in [6.07, 6.45) is 3.60. The van der Waals surface area contributed by atoms with Gasteiger partial charge in [0.05, 0.1) is 12.3 Å². The van der Waals surface area contributed by atoms with Gasteiger partial charge < -0.3 is 10.4 Å². The highest BCUT2D eigenvalue weighted by molar-refractivity contribution is 7.11. The Labute approximate surface area is 107 Å². The Morgan fingerprint density at radius 2 is 2.29 bits per heavy atom. The van der Waals surface area contributed by atoms with Gasteiger partial charge >= 0.3 is 0 Å². The molecule has 0 bridgehead atoms. The smallest absolute Gasteiger partial charge is 0.107 e. The molecule has 1 aliphatic carbocycles. The van der Waals surface area contributed by atoms with Gasteiger partial charge in [-0.2, -0.15) is 0 Å². The van der Waals surface area contributed by atoms with Crippen molar-refractivity contribution in [3.63, 3.8) is 0 Å². The molecule has 2 rings (SSSR count). The average molecular weight is 254 g/mol. The number of hydrogen-bond donors (Lipinski definition) is 2. The quantitative estimate of drug-likeness (QED) is 0.865. The number of aliphatic hydroxyl groups is 1. The lowest BCUT2D eigenvalue weighted by Gasteiger charge is -2.22. The van der Waals surface area contributed by atoms with Gasteiger partial charge in [0.1, 0.15) is 5.01 Å². The third-order valence-electron chi connectivity index (χ3n) is 3.34. The van der Waals surface area contributed by atoms with Crippen LogP contribution in [0.3, 0.4) is 0 Å². The van der Waals surface area contributed by atoms with Crippen molar-refractivity contribution in [2.45, 2.75) is 52.1 Å². The Bertz CT molecular complexity index is 387. The first-order valence-electron chi connectivity index (χ1n) is 6.33. The highest BCUT2D eigenvalue weighted by Gasteiger charge is 2.21. The predicted octanol–water partition coefficient (Wildman–Crippen LogP) is 2.13. The number of nitrogens with zero attached hydrogens (tertiary/aromatic N) is 1. The molecule has 0 aromatic carbocycles. The maximum absolute atomic E-state index is 9.19. The van der Waals surface area contributed by atoms with E-state index in [0.717, 1.165) is 23.9 Å². The molecule has 0 aliphatic heterocycles. The summed E-state index contributed by atoms with van der Waals surface area (Å²) in [4.78, 5) is 6.17. The van der Waals surface area contributed by atoms with E-state index < -0.39 is 0 Å². The van der Waals surface area contributed by atoms with Gasteiger partial charge in [-0.3, -0.25) is 0 Å². The molecule has 0 saturated carbocycles. The lowest BCUT2D eigenvalue weighted by molar-refractivity contribution is 0.187. The normalized spacial score (nSPS) is 20.4. The summed E-state index contributed by atoms with van der Waals surface area (Å²) in [5, 5.41) is 13.7. The first-order chi connectivity index (χ1) is 8.00. The SMILES string of the molecule is CC1CCc2nc(CNC(C)(C)CO)sc2C1. The summed E-state index contributed by atoms with van der Waals surface area (Å²) < 4.78 is 0. The molecule has 1 aromatic heterocycles. The standard InChI is InChI=1S/C13H22N2OS/c1-9-4-5-10-11(6-9)17-12(15-10)7-14-13(2,3)8-16/h9,14,16H,4-8H2,1-3H3. The minimum absolute atomic E-state index is 0.148. The Morgan fingerprint density at radius 1 is 1.53 bits per heavy atom. The topological polar surface area (TPSA) is 45.2 Å². The van der Waals surface area contributed by atoms with Crippen LogP contribution in [0.25, 0.3) is 0 Å². The van der Waals surface area contributed by atoms with Gasteiger partial charge in [0.15, 0.2) is 0 Å². The zero-order valence-corrected chi connectivity index (χ0v) is 11.7. The van der Waals surface area contributed by atoms with Crippen LogP contribution in [0.5, 0.6) is 0 Å². The van der Waals surface area contributed by atoms with Crippen molar-refractivity contribution < 1.29 is 5.11 Å². The summed E-state index contributed by atoms with van der Waals surface area (Å²) in [7, 11) is 0. The molecule has 0 saturated heterocycles. The molecule has 1 unspecified atom stereocenters. The fraction of sp³-hybridized carbons (Fsp3) is 0.769. The predicted molar refractivity (Wildman–Crippen MR) is 71.3 cm³/mol. The van der Waals surface area contributed by atoms with Crippen molar-refractivity contribution >= 4 is 11.3 Å². The molecule has 1 aliphatic rings. The molecule has 0 fully saturated rings. The zero-order chi connectivity index (χ0) is 12.5. The van der Waals surface area contributed by atoms with E-state index in [2.05, 4.69) is 12.2 Å². The van der Waals surface area contributed by atoms with Crippen LogP contribution in [0.4, 0.5) is 0 Å². The monoisotopic (exact) mass is 254 g/mol. The van der Waals surface area contributed by atoms with Gasteiger partial charge in [-0.25, -0.2) is 4.98 Å². The van der Waals surface area contributed by atoms with Crippen LogP contribution in [-0.2, 0) is 19.4 Å². The van der Waals surface area contributed by atoms with Gasteiger partial charge in [-0.05, 0) is 39.0 Å². The number of thiazole rings is 1. The Hall–Kier alpha value is -0.450. The first-order valence-corrected chi connectivity index (χ1v) is 7.15. The van der Waals surface area contributed by atoms with Gasteiger partial charge in [0.25, 0.3) is 0 Å². The fourth-order valence-electron chi connectivity index (χ4n) is 2.04. The van der Waals surface area contributed by atoms with Gasteiger partial charge in [0.2, 0.25) is 0 Å². The third kappa shape index (κ3) is 3.27. The number of fused-ring (bicyclic) bond motifs is 1. The lowest BCUT2D eigenvalue weighted by atomic mass is 9.93. The molecule has 4 heteroatoms. The molecule has 1 heterocycles. The number of aliphatic hydroxyl groups excluding tert-OH is 1. The van der Waals surface area contributed by atoms with Crippen LogP contribution in [0, 0.1) is 5.92 Å². The zero-order valence-electron chi connectivity index (χ0n) is 10.9. The first kappa shape index (κ1) is 13.0. The van der Waals surface area contributed by atoms with Crippen molar-refractivity contribution in [2.75, 3.05) is 6.61 Å². The largest absolute Gasteiger partial charge is 0.394 e. The number of nitrogens with one attached hydrogen (secondary N) is 1. The number of rotatable bonds is 4. The van der Waals surface area contributed by atoms with E-state index in [1.807, 2.05) is 25.2 Å². The number of hydrogen-bond acceptors (Lipinski definition) is 4. The van der Waals surface area contributed by atoms with E-state index >= 15 is 0 Å². The summed E-state index contributed by atoms with van der Waals surface area (Å²) in [6, 6.07) is 0. The van der Waals surface area contributed by atoms with Crippen LogP contribution in [0.15, 0.2) is 0 Å². The van der Waals surface area contributed by atoms with Crippen molar-refractivity contribution in [2.24, 2.45) is 5.92 Å². The third-order valence-corrected chi connectivity index (χ3v) is 4.46. The Morgan fingerprint density at radius 3 is 3.00 bits per heavy atom. The van der Waals surface area contributed by atoms with E-state index in [4.69, 9.17) is 4.98 Å². The Balaban J connectivity index is 1.99. The van der Waals surface area contributed by atoms with Crippen molar-refractivity contribution in [1.82, 2.24) is 10.3 Å². The van der Waals surface area contributed by atoms with E-state index in [-0.39, 0.29) is 12.1 Å². The second-order valence-corrected chi connectivity index (χ2v) is 6.89. The van der Waals surface area contributed by atoms with E-state index in [1.165, 1.54) is 23.4 Å². The highest BCUT2D eigenvalue weighted by Crippen LogP contribution is 2.29. The second-order valence-electron chi connectivity index (χ2n) is 5.72. The lowest BCUT2D eigenvalue weighted by Crippen LogP contribution is -2.42. The summed E-state index contributed by atoms with van der Waals surface area (Å²) >= 11 is 1.84. The molecule has 17 heavy (non-hydrogen) atoms. The van der Waals surface area contributed by atoms with Crippen molar-refractivity contribution in [3.8, 4) is 0 Å². The molecule has 96 valence electrons. The van der Waals surface area contributed by atoms with E-state index in [0.29, 0.717) is 0 Å². The molecule has 0 radical (unpaired) electrons. The molecule has 0 spiro atoms. The van der Waals surface area contributed by atoms with Crippen LogP contribution < -0.4 is 5.32 Å². The molecule has 1 aromatic rings. The Kier molecular flexibility index (Phi) is 3.85. The van der Waals surface area contributed by atoms with Crippen molar-refractivity contribution in [1.29, 1.82) is 0 Å². The summed E-state index contributed by atoms with van der Waals surface area (Å²) in [5.74, 6) is 0.803. The molecule has 2 N–H and O–H groups in total. The van der Waals surface area contributed by atoms with Gasteiger partial charge in [0, 0.05) is 17.0 Å². The fourth-order valence-corrected chi connectivity index (χ4v) is 3.26. The summed E-state index contributed by atoms with van der Waals surface area (Å²) in [5.41, 5.74) is 1.09. The maximum atomic E-state index is 9.19. The van der Waals surface area contributed by atoms with Crippen LogP contribution >= 0.6 is 11.3 Å². The van der Waals surface area contributed by atoms with Crippen LogP contribution in [0.2, 0.25) is 0 Å². The minimum Gasteiger partial charge on any atom is -0.394 e. The molecular weight excluding hydrogens is 232 g/mol. The maximum Gasteiger partial charge on any atom is 0.107 e. The van der Waals surface area contributed by atoms with E-state index in [9.17, 15) is 5.11 Å². The van der Waals surface area contributed by atoms with Crippen LogP contribution in [-0.4, -0.2) is 22.2 Å².